The van der Waals surface area contributed by atoms with Crippen molar-refractivity contribution in [1.82, 2.24) is 5.32 Å². The third-order valence-corrected chi connectivity index (χ3v) is 5.45. The zero-order chi connectivity index (χ0) is 11.8. The number of ether oxygens (including phenoxy) is 1. The lowest BCUT2D eigenvalue weighted by Gasteiger charge is -2.51. The van der Waals surface area contributed by atoms with Crippen molar-refractivity contribution in [3.05, 3.63) is 0 Å². The summed E-state index contributed by atoms with van der Waals surface area (Å²) in [4.78, 5) is 0. The van der Waals surface area contributed by atoms with Gasteiger partial charge < -0.3 is 10.1 Å². The Balaban J connectivity index is 1.78. The number of hydrogen-bond donors (Lipinski definition) is 1. The summed E-state index contributed by atoms with van der Waals surface area (Å²) >= 11 is 0. The fraction of sp³-hybridized carbons (Fsp3) is 1.00. The van der Waals surface area contributed by atoms with Gasteiger partial charge in [-0.25, -0.2) is 0 Å². The molecule has 0 amide bonds. The van der Waals surface area contributed by atoms with Crippen LogP contribution < -0.4 is 5.32 Å². The van der Waals surface area contributed by atoms with Crippen molar-refractivity contribution in [1.29, 1.82) is 0 Å². The van der Waals surface area contributed by atoms with E-state index in [9.17, 15) is 0 Å². The Labute approximate surface area is 105 Å². The zero-order valence-corrected chi connectivity index (χ0v) is 11.3. The molecule has 0 aromatic carbocycles. The number of morpholine rings is 1. The van der Waals surface area contributed by atoms with E-state index in [4.69, 9.17) is 4.74 Å². The molecule has 98 valence electrons. The van der Waals surface area contributed by atoms with Crippen LogP contribution in [0, 0.1) is 5.92 Å². The second kappa shape index (κ2) is 4.55. The maximum atomic E-state index is 6.80. The van der Waals surface area contributed by atoms with E-state index in [0.29, 0.717) is 0 Å². The molecule has 1 saturated heterocycles. The third-order valence-electron chi connectivity index (χ3n) is 5.45. The van der Waals surface area contributed by atoms with Gasteiger partial charge in [0.15, 0.2) is 0 Å². The SMILES string of the molecule is CCC1CCCC12CNCC1(CCCCC1)O2. The summed E-state index contributed by atoms with van der Waals surface area (Å²) in [6.07, 6.45) is 12.1. The van der Waals surface area contributed by atoms with Crippen LogP contribution >= 0.6 is 0 Å². The summed E-state index contributed by atoms with van der Waals surface area (Å²) in [5.74, 6) is 0.800. The van der Waals surface area contributed by atoms with Crippen LogP contribution in [0.2, 0.25) is 0 Å². The zero-order valence-electron chi connectivity index (χ0n) is 11.3. The first-order valence-electron chi connectivity index (χ1n) is 7.70. The summed E-state index contributed by atoms with van der Waals surface area (Å²) in [5, 5.41) is 3.72. The summed E-state index contributed by atoms with van der Waals surface area (Å²) in [5.41, 5.74) is 0.401. The lowest BCUT2D eigenvalue weighted by atomic mass is 9.79. The van der Waals surface area contributed by atoms with Gasteiger partial charge in [-0.1, -0.05) is 39.0 Å². The van der Waals surface area contributed by atoms with Gasteiger partial charge in [0.2, 0.25) is 0 Å². The molecule has 2 heteroatoms. The molecule has 2 unspecified atom stereocenters. The van der Waals surface area contributed by atoms with Crippen molar-refractivity contribution < 1.29 is 4.74 Å². The van der Waals surface area contributed by atoms with Crippen LogP contribution in [0.3, 0.4) is 0 Å². The highest BCUT2D eigenvalue weighted by Gasteiger charge is 2.51. The third kappa shape index (κ3) is 2.04. The van der Waals surface area contributed by atoms with Crippen molar-refractivity contribution in [2.75, 3.05) is 13.1 Å². The average molecular weight is 237 g/mol. The predicted molar refractivity (Wildman–Crippen MR) is 70.1 cm³/mol. The van der Waals surface area contributed by atoms with E-state index in [-0.39, 0.29) is 11.2 Å². The van der Waals surface area contributed by atoms with Crippen LogP contribution in [0.5, 0.6) is 0 Å². The molecule has 3 aliphatic rings. The van der Waals surface area contributed by atoms with Gasteiger partial charge in [0.05, 0.1) is 11.2 Å². The van der Waals surface area contributed by atoms with Crippen molar-refractivity contribution in [3.8, 4) is 0 Å². The van der Waals surface area contributed by atoms with Crippen LogP contribution in [0.25, 0.3) is 0 Å². The van der Waals surface area contributed by atoms with E-state index in [0.717, 1.165) is 19.0 Å². The number of nitrogens with one attached hydrogen (secondary N) is 1. The lowest BCUT2D eigenvalue weighted by Crippen LogP contribution is -2.62. The summed E-state index contributed by atoms with van der Waals surface area (Å²) in [6, 6.07) is 0. The van der Waals surface area contributed by atoms with Crippen molar-refractivity contribution in [2.45, 2.75) is 75.9 Å². The smallest absolute Gasteiger partial charge is 0.0842 e. The molecule has 17 heavy (non-hydrogen) atoms. The first-order chi connectivity index (χ1) is 8.29. The predicted octanol–water partition coefficient (Wildman–Crippen LogP) is 3.26. The number of rotatable bonds is 1. The standard InChI is InChI=1S/C15H27NO/c1-2-13-7-6-10-15(13)12-16-11-14(17-15)8-4-3-5-9-14/h13,16H,2-12H2,1H3. The molecule has 2 spiro atoms. The highest BCUT2D eigenvalue weighted by molar-refractivity contribution is 5.03. The lowest BCUT2D eigenvalue weighted by molar-refractivity contribution is -0.205. The van der Waals surface area contributed by atoms with Crippen LogP contribution in [-0.2, 0) is 4.74 Å². The second-order valence-electron chi connectivity index (χ2n) is 6.51. The maximum absolute atomic E-state index is 6.80. The van der Waals surface area contributed by atoms with Gasteiger partial charge in [0, 0.05) is 13.1 Å². The first-order valence-corrected chi connectivity index (χ1v) is 7.70. The van der Waals surface area contributed by atoms with Crippen molar-refractivity contribution in [2.24, 2.45) is 5.92 Å². The highest BCUT2D eigenvalue weighted by Crippen LogP contribution is 2.47. The summed E-state index contributed by atoms with van der Waals surface area (Å²) < 4.78 is 6.80. The Kier molecular flexibility index (Phi) is 3.20. The largest absolute Gasteiger partial charge is 0.366 e. The molecule has 1 N–H and O–H groups in total. The molecule has 0 aromatic rings. The Bertz CT molecular complexity index is 267. The topological polar surface area (TPSA) is 21.3 Å². The van der Waals surface area contributed by atoms with Crippen molar-refractivity contribution >= 4 is 0 Å². The summed E-state index contributed by atoms with van der Waals surface area (Å²) in [7, 11) is 0. The van der Waals surface area contributed by atoms with Gasteiger partial charge in [-0.2, -0.15) is 0 Å². The molecule has 1 heterocycles. The molecule has 3 fully saturated rings. The van der Waals surface area contributed by atoms with Crippen LogP contribution in [0.1, 0.15) is 64.7 Å². The quantitative estimate of drug-likeness (QED) is 0.756. The van der Waals surface area contributed by atoms with Gasteiger partial charge >= 0.3 is 0 Å². The Hall–Kier alpha value is -0.0800. The Morgan fingerprint density at radius 3 is 2.65 bits per heavy atom. The van der Waals surface area contributed by atoms with Crippen molar-refractivity contribution in [3.63, 3.8) is 0 Å². The van der Waals surface area contributed by atoms with E-state index in [2.05, 4.69) is 12.2 Å². The van der Waals surface area contributed by atoms with Crippen LogP contribution in [0.4, 0.5) is 0 Å². The molecule has 0 aromatic heterocycles. The fourth-order valence-corrected chi connectivity index (χ4v) is 4.54. The molecule has 2 saturated carbocycles. The molecular weight excluding hydrogens is 210 g/mol. The molecule has 0 radical (unpaired) electrons. The van der Waals surface area contributed by atoms with E-state index in [1.54, 1.807) is 0 Å². The molecule has 2 nitrogen and oxygen atoms in total. The monoisotopic (exact) mass is 237 g/mol. The summed E-state index contributed by atoms with van der Waals surface area (Å²) in [6.45, 7) is 4.54. The van der Waals surface area contributed by atoms with E-state index in [1.165, 1.54) is 57.8 Å². The normalized spacial score (nSPS) is 41.1. The minimum Gasteiger partial charge on any atom is -0.366 e. The van der Waals surface area contributed by atoms with Gasteiger partial charge in [-0.15, -0.1) is 0 Å². The van der Waals surface area contributed by atoms with E-state index >= 15 is 0 Å². The van der Waals surface area contributed by atoms with Gasteiger partial charge in [0.1, 0.15) is 0 Å². The first kappa shape index (κ1) is 12.0. The fourth-order valence-electron chi connectivity index (χ4n) is 4.54. The number of hydrogen-bond acceptors (Lipinski definition) is 2. The second-order valence-corrected chi connectivity index (χ2v) is 6.51. The van der Waals surface area contributed by atoms with E-state index < -0.39 is 0 Å². The van der Waals surface area contributed by atoms with Gasteiger partial charge in [0.25, 0.3) is 0 Å². The molecule has 2 atom stereocenters. The minimum absolute atomic E-state index is 0.199. The molecule has 2 aliphatic carbocycles. The molecule has 0 bridgehead atoms. The van der Waals surface area contributed by atoms with Gasteiger partial charge in [-0.05, 0) is 31.6 Å². The Morgan fingerprint density at radius 1 is 1.06 bits per heavy atom. The molecule has 1 aliphatic heterocycles. The Morgan fingerprint density at radius 2 is 1.88 bits per heavy atom. The van der Waals surface area contributed by atoms with Crippen LogP contribution in [-0.4, -0.2) is 24.3 Å². The van der Waals surface area contributed by atoms with Gasteiger partial charge in [-0.3, -0.25) is 0 Å². The highest BCUT2D eigenvalue weighted by atomic mass is 16.5. The van der Waals surface area contributed by atoms with Crippen LogP contribution in [0.15, 0.2) is 0 Å². The molecular formula is C15H27NO. The van der Waals surface area contributed by atoms with E-state index in [1.807, 2.05) is 0 Å². The average Bonchev–Trinajstić information content (AvgIpc) is 2.72. The molecule has 3 rings (SSSR count). The maximum Gasteiger partial charge on any atom is 0.0842 e. The minimum atomic E-state index is 0.199.